The van der Waals surface area contributed by atoms with Crippen molar-refractivity contribution in [3.05, 3.63) is 59.7 Å². The Labute approximate surface area is 105 Å². The van der Waals surface area contributed by atoms with Crippen molar-refractivity contribution in [3.63, 3.8) is 0 Å². The Balaban J connectivity index is 2.23. The predicted octanol–water partition coefficient (Wildman–Crippen LogP) is 2.67. The van der Waals surface area contributed by atoms with Crippen molar-refractivity contribution in [3.8, 4) is 5.75 Å². The number of rotatable bonds is 4. The van der Waals surface area contributed by atoms with Gasteiger partial charge in [-0.25, -0.2) is 4.39 Å². The van der Waals surface area contributed by atoms with E-state index in [9.17, 15) is 4.39 Å². The second kappa shape index (κ2) is 5.60. The fourth-order valence-electron chi connectivity index (χ4n) is 1.72. The Hall–Kier alpha value is -1.94. The zero-order valence-electron chi connectivity index (χ0n) is 10.1. The van der Waals surface area contributed by atoms with Crippen molar-refractivity contribution >= 4 is 0 Å². The lowest BCUT2D eigenvalue weighted by molar-refractivity contribution is 0.340. The first-order valence-electron chi connectivity index (χ1n) is 5.81. The number of hydrogen-bond acceptors (Lipinski definition) is 3. The molecule has 2 aromatic rings. The molecule has 0 aliphatic carbocycles. The Morgan fingerprint density at radius 1 is 1.28 bits per heavy atom. The van der Waals surface area contributed by atoms with Gasteiger partial charge in [0.25, 0.3) is 0 Å². The van der Waals surface area contributed by atoms with E-state index in [0.717, 1.165) is 11.3 Å². The third-order valence-corrected chi connectivity index (χ3v) is 2.63. The number of nitrogens with zero attached hydrogens (tertiary/aromatic N) is 1. The third-order valence-electron chi connectivity index (χ3n) is 2.63. The first-order chi connectivity index (χ1) is 8.72. The molecule has 0 spiro atoms. The number of ether oxygens (including phenoxy) is 1. The summed E-state index contributed by atoms with van der Waals surface area (Å²) < 4.78 is 18.9. The molecule has 0 radical (unpaired) electrons. The number of nitrogens with two attached hydrogens (primary N) is 1. The van der Waals surface area contributed by atoms with Crippen molar-refractivity contribution in [2.45, 2.75) is 13.0 Å². The minimum atomic E-state index is -0.568. The lowest BCUT2D eigenvalue weighted by Crippen LogP contribution is -2.15. The van der Waals surface area contributed by atoms with Gasteiger partial charge in [0.1, 0.15) is 11.6 Å². The van der Waals surface area contributed by atoms with E-state index in [-0.39, 0.29) is 11.5 Å². The van der Waals surface area contributed by atoms with Crippen molar-refractivity contribution < 1.29 is 9.13 Å². The maximum absolute atomic E-state index is 13.6. The molecule has 94 valence electrons. The largest absolute Gasteiger partial charge is 0.494 e. The zero-order valence-corrected chi connectivity index (χ0v) is 10.1. The maximum atomic E-state index is 13.6. The molecular formula is C14H15FN2O. The lowest BCUT2D eigenvalue weighted by Gasteiger charge is -2.12. The molecule has 0 aliphatic rings. The number of pyridine rings is 1. The van der Waals surface area contributed by atoms with Gasteiger partial charge in [0.05, 0.1) is 18.3 Å². The topological polar surface area (TPSA) is 48.1 Å². The van der Waals surface area contributed by atoms with Crippen LogP contribution in [0.5, 0.6) is 5.75 Å². The summed E-state index contributed by atoms with van der Waals surface area (Å²) in [6.07, 6.45) is 1.53. The van der Waals surface area contributed by atoms with Crippen LogP contribution >= 0.6 is 0 Å². The normalized spacial score (nSPS) is 12.2. The fourth-order valence-corrected chi connectivity index (χ4v) is 1.72. The molecule has 1 aromatic carbocycles. The van der Waals surface area contributed by atoms with Crippen molar-refractivity contribution in [2.24, 2.45) is 5.73 Å². The Morgan fingerprint density at radius 2 is 2.00 bits per heavy atom. The van der Waals surface area contributed by atoms with Crippen LogP contribution in [0.25, 0.3) is 0 Å². The minimum absolute atomic E-state index is 0.252. The van der Waals surface area contributed by atoms with Gasteiger partial charge < -0.3 is 10.5 Å². The molecular weight excluding hydrogens is 231 g/mol. The van der Waals surface area contributed by atoms with E-state index in [0.29, 0.717) is 6.61 Å². The van der Waals surface area contributed by atoms with Gasteiger partial charge in [-0.05, 0) is 36.8 Å². The van der Waals surface area contributed by atoms with E-state index >= 15 is 0 Å². The molecule has 1 aromatic heterocycles. The molecule has 0 fully saturated rings. The van der Waals surface area contributed by atoms with Crippen LogP contribution in [-0.4, -0.2) is 11.6 Å². The maximum Gasteiger partial charge on any atom is 0.146 e. The Morgan fingerprint density at radius 3 is 2.61 bits per heavy atom. The number of halogens is 1. The van der Waals surface area contributed by atoms with E-state index in [2.05, 4.69) is 4.98 Å². The van der Waals surface area contributed by atoms with Crippen LogP contribution in [0.4, 0.5) is 4.39 Å². The van der Waals surface area contributed by atoms with Crippen molar-refractivity contribution in [1.29, 1.82) is 0 Å². The SMILES string of the molecule is CCOc1ccc(C(N)c2ncccc2F)cc1. The van der Waals surface area contributed by atoms with Gasteiger partial charge in [0.15, 0.2) is 0 Å². The van der Waals surface area contributed by atoms with Crippen LogP contribution in [0.2, 0.25) is 0 Å². The lowest BCUT2D eigenvalue weighted by atomic mass is 10.0. The molecule has 18 heavy (non-hydrogen) atoms. The second-order valence-electron chi connectivity index (χ2n) is 3.85. The smallest absolute Gasteiger partial charge is 0.146 e. The van der Waals surface area contributed by atoms with Crippen molar-refractivity contribution in [1.82, 2.24) is 4.98 Å². The van der Waals surface area contributed by atoms with Gasteiger partial charge in [-0.3, -0.25) is 4.98 Å². The van der Waals surface area contributed by atoms with Crippen LogP contribution in [0.1, 0.15) is 24.2 Å². The van der Waals surface area contributed by atoms with Crippen LogP contribution in [0, 0.1) is 5.82 Å². The average molecular weight is 246 g/mol. The van der Waals surface area contributed by atoms with E-state index in [1.165, 1.54) is 12.3 Å². The quantitative estimate of drug-likeness (QED) is 0.902. The first kappa shape index (κ1) is 12.5. The molecule has 2 N–H and O–H groups in total. The Bertz CT molecular complexity index is 513. The van der Waals surface area contributed by atoms with E-state index in [4.69, 9.17) is 10.5 Å². The highest BCUT2D eigenvalue weighted by Crippen LogP contribution is 2.22. The molecule has 0 aliphatic heterocycles. The summed E-state index contributed by atoms with van der Waals surface area (Å²) in [6, 6.07) is 9.62. The van der Waals surface area contributed by atoms with E-state index in [1.54, 1.807) is 6.07 Å². The monoisotopic (exact) mass is 246 g/mol. The summed E-state index contributed by atoms with van der Waals surface area (Å²) in [5.74, 6) is 0.383. The molecule has 0 bridgehead atoms. The number of hydrogen-bond donors (Lipinski definition) is 1. The van der Waals surface area contributed by atoms with Crippen LogP contribution in [0.15, 0.2) is 42.6 Å². The second-order valence-corrected chi connectivity index (χ2v) is 3.85. The molecule has 1 atom stereocenters. The summed E-state index contributed by atoms with van der Waals surface area (Å²) in [5.41, 5.74) is 7.05. The van der Waals surface area contributed by atoms with Gasteiger partial charge in [-0.2, -0.15) is 0 Å². The van der Waals surface area contributed by atoms with Gasteiger partial charge >= 0.3 is 0 Å². The molecule has 4 heteroatoms. The van der Waals surface area contributed by atoms with Crippen LogP contribution in [-0.2, 0) is 0 Å². The summed E-state index contributed by atoms with van der Waals surface area (Å²) in [6.45, 7) is 2.53. The number of aromatic nitrogens is 1. The van der Waals surface area contributed by atoms with Gasteiger partial charge in [-0.1, -0.05) is 12.1 Å². The van der Waals surface area contributed by atoms with Crippen molar-refractivity contribution in [2.75, 3.05) is 6.61 Å². The van der Waals surface area contributed by atoms with E-state index < -0.39 is 6.04 Å². The zero-order chi connectivity index (χ0) is 13.0. The fraction of sp³-hybridized carbons (Fsp3) is 0.214. The molecule has 1 unspecified atom stereocenters. The standard InChI is InChI=1S/C14H15FN2O/c1-2-18-11-7-5-10(6-8-11)13(16)14-12(15)4-3-9-17-14/h3-9,13H,2,16H2,1H3. The van der Waals surface area contributed by atoms with Gasteiger partial charge in [0.2, 0.25) is 0 Å². The predicted molar refractivity (Wildman–Crippen MR) is 67.8 cm³/mol. The minimum Gasteiger partial charge on any atom is -0.494 e. The summed E-state index contributed by atoms with van der Waals surface area (Å²) in [7, 11) is 0. The summed E-state index contributed by atoms with van der Waals surface area (Å²) in [5, 5.41) is 0. The molecule has 0 amide bonds. The highest BCUT2D eigenvalue weighted by molar-refractivity contribution is 5.33. The highest BCUT2D eigenvalue weighted by atomic mass is 19.1. The molecule has 0 saturated heterocycles. The third kappa shape index (κ3) is 2.65. The van der Waals surface area contributed by atoms with E-state index in [1.807, 2.05) is 31.2 Å². The molecule has 2 rings (SSSR count). The molecule has 3 nitrogen and oxygen atoms in total. The van der Waals surface area contributed by atoms with Crippen LogP contribution in [0.3, 0.4) is 0 Å². The molecule has 0 saturated carbocycles. The summed E-state index contributed by atoms with van der Waals surface area (Å²) in [4.78, 5) is 3.98. The average Bonchev–Trinajstić information content (AvgIpc) is 2.40. The molecule has 1 heterocycles. The van der Waals surface area contributed by atoms with Gasteiger partial charge in [0, 0.05) is 6.20 Å². The first-order valence-corrected chi connectivity index (χ1v) is 5.81. The highest BCUT2D eigenvalue weighted by Gasteiger charge is 2.14. The Kier molecular flexibility index (Phi) is 3.89. The summed E-state index contributed by atoms with van der Waals surface area (Å²) >= 11 is 0. The van der Waals surface area contributed by atoms with Crippen LogP contribution < -0.4 is 10.5 Å². The number of benzene rings is 1. The van der Waals surface area contributed by atoms with Gasteiger partial charge in [-0.15, -0.1) is 0 Å².